The average Bonchev–Trinajstić information content (AvgIpc) is 2.76. The maximum absolute atomic E-state index is 12.6. The number of hydrogen-bond donors (Lipinski definition) is 0. The topological polar surface area (TPSA) is 32.8 Å². The van der Waals surface area contributed by atoms with Crippen LogP contribution in [-0.2, 0) is 4.79 Å². The highest BCUT2D eigenvalue weighted by Crippen LogP contribution is 2.29. The molecular weight excluding hydrogens is 368 g/mol. The van der Waals surface area contributed by atoms with E-state index >= 15 is 0 Å². The molecule has 0 saturated carbocycles. The molecule has 0 bridgehead atoms. The third-order valence-electron chi connectivity index (χ3n) is 5.26. The second-order valence-electron chi connectivity index (χ2n) is 7.02. The third-order valence-corrected chi connectivity index (χ3v) is 6.30. The quantitative estimate of drug-likeness (QED) is 0.604. The molecule has 1 fully saturated rings. The Morgan fingerprint density at radius 3 is 2.46 bits per heavy atom. The molecule has 0 radical (unpaired) electrons. The lowest BCUT2D eigenvalue weighted by Gasteiger charge is -2.38. The number of likely N-dealkylation sites (tertiary alicyclic amines) is 1. The van der Waals surface area contributed by atoms with Gasteiger partial charge in [0.2, 0.25) is 5.91 Å². The van der Waals surface area contributed by atoms with Crippen molar-refractivity contribution in [3.8, 4) is 5.75 Å². The first kappa shape index (κ1) is 20.7. The van der Waals surface area contributed by atoms with E-state index < -0.39 is 0 Å². The van der Waals surface area contributed by atoms with Gasteiger partial charge in [-0.3, -0.25) is 4.79 Å². The summed E-state index contributed by atoms with van der Waals surface area (Å²) in [5.41, 5.74) is 1.03. The maximum Gasteiger partial charge on any atom is 0.226 e. The Labute approximate surface area is 172 Å². The number of carbonyl (C=O) groups is 1. The third kappa shape index (κ3) is 5.30. The summed E-state index contributed by atoms with van der Waals surface area (Å²) in [5, 5.41) is 0. The Balaban J connectivity index is 1.51. The van der Waals surface area contributed by atoms with Gasteiger partial charge in [0.05, 0.1) is 7.11 Å². The largest absolute Gasteiger partial charge is 0.496 e. The fraction of sp³-hybridized carbons (Fsp3) is 0.435. The summed E-state index contributed by atoms with van der Waals surface area (Å²) in [6, 6.07) is 18.6. The molecule has 0 spiro atoms. The highest BCUT2D eigenvalue weighted by atomic mass is 32.2. The number of benzene rings is 2. The van der Waals surface area contributed by atoms with E-state index in [1.54, 1.807) is 7.11 Å². The van der Waals surface area contributed by atoms with Crippen LogP contribution in [0.5, 0.6) is 5.75 Å². The molecule has 0 aromatic heterocycles. The molecule has 1 saturated heterocycles. The van der Waals surface area contributed by atoms with Crippen molar-refractivity contribution in [2.75, 3.05) is 37.4 Å². The van der Waals surface area contributed by atoms with Gasteiger partial charge in [-0.1, -0.05) is 37.3 Å². The normalized spacial score (nSPS) is 15.4. The zero-order chi connectivity index (χ0) is 19.8. The smallest absolute Gasteiger partial charge is 0.226 e. The van der Waals surface area contributed by atoms with Gasteiger partial charge >= 0.3 is 0 Å². The van der Waals surface area contributed by atoms with Crippen molar-refractivity contribution in [1.82, 2.24) is 4.90 Å². The molecule has 1 heterocycles. The number of anilines is 1. The number of hydrogen-bond acceptors (Lipinski definition) is 4. The van der Waals surface area contributed by atoms with Crippen LogP contribution in [0.1, 0.15) is 26.2 Å². The van der Waals surface area contributed by atoms with Crippen molar-refractivity contribution >= 4 is 23.4 Å². The monoisotopic (exact) mass is 398 g/mol. The second kappa shape index (κ2) is 10.5. The highest BCUT2D eigenvalue weighted by Gasteiger charge is 2.28. The molecular formula is C23H30N2O2S. The van der Waals surface area contributed by atoms with Crippen molar-refractivity contribution in [3.63, 3.8) is 0 Å². The number of methoxy groups -OCH3 is 1. The molecule has 5 heteroatoms. The molecule has 1 aliphatic rings. The number of ether oxygens (including phenoxy) is 1. The lowest BCUT2D eigenvalue weighted by atomic mass is 10.0. The van der Waals surface area contributed by atoms with Crippen molar-refractivity contribution in [1.29, 1.82) is 0 Å². The van der Waals surface area contributed by atoms with Gasteiger partial charge in [0.25, 0.3) is 0 Å². The minimum atomic E-state index is 0.219. The van der Waals surface area contributed by atoms with E-state index in [4.69, 9.17) is 4.74 Å². The van der Waals surface area contributed by atoms with E-state index in [9.17, 15) is 4.79 Å². The van der Waals surface area contributed by atoms with Crippen LogP contribution in [0.2, 0.25) is 0 Å². The van der Waals surface area contributed by atoms with E-state index in [1.165, 1.54) is 4.90 Å². The summed E-state index contributed by atoms with van der Waals surface area (Å²) in [6.07, 6.45) is 2.60. The first-order valence-corrected chi connectivity index (χ1v) is 11.1. The van der Waals surface area contributed by atoms with Crippen LogP contribution in [-0.4, -0.2) is 49.3 Å². The summed E-state index contributed by atoms with van der Waals surface area (Å²) in [7, 11) is 1.72. The first-order chi connectivity index (χ1) is 13.7. The van der Waals surface area contributed by atoms with Crippen LogP contribution in [0.25, 0.3) is 0 Å². The maximum atomic E-state index is 12.6. The van der Waals surface area contributed by atoms with Crippen molar-refractivity contribution < 1.29 is 9.53 Å². The van der Waals surface area contributed by atoms with Gasteiger partial charge < -0.3 is 14.5 Å². The minimum absolute atomic E-state index is 0.219. The Bertz CT molecular complexity index is 745. The highest BCUT2D eigenvalue weighted by molar-refractivity contribution is 7.99. The minimum Gasteiger partial charge on any atom is -0.496 e. The van der Waals surface area contributed by atoms with Crippen LogP contribution < -0.4 is 9.64 Å². The molecule has 150 valence electrons. The van der Waals surface area contributed by atoms with Crippen molar-refractivity contribution in [2.24, 2.45) is 0 Å². The predicted molar refractivity (Wildman–Crippen MR) is 117 cm³/mol. The van der Waals surface area contributed by atoms with Gasteiger partial charge in [-0.15, -0.1) is 11.8 Å². The number of rotatable bonds is 8. The molecule has 4 nitrogen and oxygen atoms in total. The number of para-hydroxylation sites is 2. The second-order valence-corrected chi connectivity index (χ2v) is 8.16. The number of nitrogens with zero attached hydrogens (tertiary/aromatic N) is 2. The van der Waals surface area contributed by atoms with Crippen LogP contribution in [0.3, 0.4) is 0 Å². The molecule has 0 atom stereocenters. The van der Waals surface area contributed by atoms with E-state index in [-0.39, 0.29) is 5.91 Å². The standard InChI is InChI=1S/C23H30N2O2S/c1-3-23(26)25(19-9-5-4-6-10-19)20-13-15-24(16-14-20)17-18-28-22-12-8-7-11-21(22)27-2/h4-12,20H,3,13-18H2,1-2H3. The average molecular weight is 399 g/mol. The Morgan fingerprint density at radius 1 is 1.11 bits per heavy atom. The predicted octanol–water partition coefficient (Wildman–Crippen LogP) is 4.69. The van der Waals surface area contributed by atoms with Crippen molar-refractivity contribution in [3.05, 3.63) is 54.6 Å². The molecule has 0 aliphatic carbocycles. The van der Waals surface area contributed by atoms with Crippen LogP contribution >= 0.6 is 11.8 Å². The van der Waals surface area contributed by atoms with Crippen LogP contribution in [0.15, 0.2) is 59.5 Å². The SMILES string of the molecule is CCC(=O)N(c1ccccc1)C1CCN(CCSc2ccccc2OC)CC1. The molecule has 28 heavy (non-hydrogen) atoms. The van der Waals surface area contributed by atoms with Gasteiger partial charge in [-0.25, -0.2) is 0 Å². The molecule has 0 unspecified atom stereocenters. The first-order valence-electron chi connectivity index (χ1n) is 10.1. The number of carbonyl (C=O) groups excluding carboxylic acids is 1. The van der Waals surface area contributed by atoms with Gasteiger partial charge in [-0.2, -0.15) is 0 Å². The van der Waals surface area contributed by atoms with Gasteiger partial charge in [-0.05, 0) is 37.1 Å². The van der Waals surface area contributed by atoms with E-state index in [1.807, 2.05) is 66.1 Å². The van der Waals surface area contributed by atoms with Crippen LogP contribution in [0, 0.1) is 0 Å². The zero-order valence-corrected chi connectivity index (χ0v) is 17.7. The lowest BCUT2D eigenvalue weighted by molar-refractivity contribution is -0.119. The van der Waals surface area contributed by atoms with Crippen molar-refractivity contribution in [2.45, 2.75) is 37.1 Å². The fourth-order valence-corrected chi connectivity index (χ4v) is 4.78. The Kier molecular flexibility index (Phi) is 7.80. The molecule has 1 aliphatic heterocycles. The zero-order valence-electron chi connectivity index (χ0n) is 16.8. The van der Waals surface area contributed by atoms with E-state index in [0.29, 0.717) is 12.5 Å². The van der Waals surface area contributed by atoms with E-state index in [0.717, 1.165) is 49.7 Å². The Morgan fingerprint density at radius 2 is 1.79 bits per heavy atom. The summed E-state index contributed by atoms with van der Waals surface area (Å²) < 4.78 is 5.43. The molecule has 0 N–H and O–H groups in total. The molecule has 2 aromatic carbocycles. The van der Waals surface area contributed by atoms with Gasteiger partial charge in [0.1, 0.15) is 5.75 Å². The Hall–Kier alpha value is -1.98. The molecule has 3 rings (SSSR count). The number of thioether (sulfide) groups is 1. The fourth-order valence-electron chi connectivity index (χ4n) is 3.74. The summed E-state index contributed by atoms with van der Waals surface area (Å²) in [4.78, 5) is 18.3. The van der Waals surface area contributed by atoms with Gasteiger partial charge in [0.15, 0.2) is 0 Å². The van der Waals surface area contributed by atoms with E-state index in [2.05, 4.69) is 17.0 Å². The van der Waals surface area contributed by atoms with Crippen LogP contribution in [0.4, 0.5) is 5.69 Å². The lowest BCUT2D eigenvalue weighted by Crippen LogP contribution is -2.48. The van der Waals surface area contributed by atoms with Gasteiger partial charge in [0, 0.05) is 48.4 Å². The molecule has 1 amide bonds. The number of amides is 1. The summed E-state index contributed by atoms with van der Waals surface area (Å²) >= 11 is 1.85. The molecule has 2 aromatic rings. The summed E-state index contributed by atoms with van der Waals surface area (Å²) in [6.45, 7) is 5.08. The number of piperidine rings is 1. The summed E-state index contributed by atoms with van der Waals surface area (Å²) in [5.74, 6) is 2.21.